The summed E-state index contributed by atoms with van der Waals surface area (Å²) >= 11 is 0. The van der Waals surface area contributed by atoms with Crippen molar-refractivity contribution in [3.63, 3.8) is 0 Å². The molecule has 1 saturated heterocycles. The lowest BCUT2D eigenvalue weighted by molar-refractivity contribution is -0.193. The average molecular weight is 705 g/mol. The molecule has 6 aliphatic rings. The number of nitrogens with one attached hydrogen (secondary N) is 2. The van der Waals surface area contributed by atoms with E-state index in [0.29, 0.717) is 47.5 Å². The van der Waals surface area contributed by atoms with Crippen molar-refractivity contribution in [3.8, 4) is 0 Å². The van der Waals surface area contributed by atoms with Crippen LogP contribution < -0.4 is 10.6 Å². The van der Waals surface area contributed by atoms with E-state index < -0.39 is 24.2 Å². The third-order valence-corrected chi connectivity index (χ3v) is 14.1. The van der Waals surface area contributed by atoms with Crippen molar-refractivity contribution >= 4 is 11.8 Å². The van der Waals surface area contributed by atoms with Crippen LogP contribution in [0.2, 0.25) is 0 Å². The molecular formula is C40H72N4O6. The van der Waals surface area contributed by atoms with Crippen LogP contribution in [0, 0.1) is 58.7 Å². The summed E-state index contributed by atoms with van der Waals surface area (Å²) in [5, 5.41) is 29.9. The number of hydrogen-bond donors (Lipinski definition) is 4. The van der Waals surface area contributed by atoms with Crippen LogP contribution in [0.5, 0.6) is 0 Å². The minimum Gasteiger partial charge on any atom is -0.394 e. The summed E-state index contributed by atoms with van der Waals surface area (Å²) in [6, 6.07) is -0.428. The third kappa shape index (κ3) is 8.57. The van der Waals surface area contributed by atoms with Crippen molar-refractivity contribution < 1.29 is 29.4 Å². The summed E-state index contributed by atoms with van der Waals surface area (Å²) in [6.45, 7) is 14.2. The third-order valence-electron chi connectivity index (χ3n) is 14.1. The van der Waals surface area contributed by atoms with Crippen molar-refractivity contribution in [1.29, 1.82) is 0 Å². The molecule has 0 aromatic carbocycles. The largest absolute Gasteiger partial charge is 0.394 e. The molecule has 14 atom stereocenters. The van der Waals surface area contributed by atoms with Crippen molar-refractivity contribution in [2.45, 2.75) is 142 Å². The monoisotopic (exact) mass is 705 g/mol. The van der Waals surface area contributed by atoms with E-state index in [4.69, 9.17) is 9.57 Å². The number of likely N-dealkylation sites (N-methyl/N-ethyl adjacent to an activating group) is 1. The fourth-order valence-electron chi connectivity index (χ4n) is 11.5. The zero-order chi connectivity index (χ0) is 36.5. The molecule has 6 fully saturated rings. The second-order valence-electron chi connectivity index (χ2n) is 18.5. The van der Waals surface area contributed by atoms with Gasteiger partial charge in [0.15, 0.2) is 0 Å². The number of methoxy groups -OCH3 is 1. The number of nitrogens with zero attached hydrogens (tertiary/aromatic N) is 2. The molecule has 4 N–H and O–H groups in total. The van der Waals surface area contributed by atoms with E-state index in [1.165, 1.54) is 6.42 Å². The summed E-state index contributed by atoms with van der Waals surface area (Å²) in [7, 11) is 5.94. The second-order valence-corrected chi connectivity index (χ2v) is 18.5. The first kappa shape index (κ1) is 39.9. The van der Waals surface area contributed by atoms with Crippen LogP contribution in [-0.4, -0.2) is 109 Å². The number of carbonyl (C=O) groups is 2. The summed E-state index contributed by atoms with van der Waals surface area (Å²) in [5.74, 6) is 2.59. The molecule has 0 radical (unpaired) electrons. The van der Waals surface area contributed by atoms with Crippen LogP contribution >= 0.6 is 0 Å². The number of hydrogen-bond acceptors (Lipinski definition) is 8. The van der Waals surface area contributed by atoms with Gasteiger partial charge in [0.05, 0.1) is 18.8 Å². The van der Waals surface area contributed by atoms with E-state index >= 15 is 0 Å². The van der Waals surface area contributed by atoms with Gasteiger partial charge in [0.25, 0.3) is 0 Å². The van der Waals surface area contributed by atoms with E-state index in [1.807, 2.05) is 7.11 Å². The Morgan fingerprint density at radius 2 is 1.76 bits per heavy atom. The van der Waals surface area contributed by atoms with Crippen molar-refractivity contribution in [2.24, 2.45) is 58.7 Å². The molecule has 6 rings (SSSR count). The highest BCUT2D eigenvalue weighted by Crippen LogP contribution is 2.61. The fourth-order valence-corrected chi connectivity index (χ4v) is 11.5. The molecule has 0 spiro atoms. The van der Waals surface area contributed by atoms with Crippen molar-refractivity contribution in [3.05, 3.63) is 0 Å². The van der Waals surface area contributed by atoms with Crippen LogP contribution in [-0.2, 0) is 19.2 Å². The molecule has 5 saturated carbocycles. The Balaban J connectivity index is 1.26. The highest BCUT2D eigenvalue weighted by Gasteiger charge is 2.58. The van der Waals surface area contributed by atoms with Gasteiger partial charge in [0, 0.05) is 50.0 Å². The number of aliphatic hydroxyl groups is 2. The van der Waals surface area contributed by atoms with Crippen LogP contribution in [0.4, 0.5) is 0 Å². The molecule has 1 aliphatic heterocycles. The Morgan fingerprint density at radius 1 is 1.04 bits per heavy atom. The first-order chi connectivity index (χ1) is 23.7. The Labute approximate surface area is 303 Å². The number of amides is 2. The molecule has 288 valence electrons. The zero-order valence-corrected chi connectivity index (χ0v) is 32.8. The molecule has 10 nitrogen and oxygen atoms in total. The minimum atomic E-state index is -0.815. The van der Waals surface area contributed by atoms with Gasteiger partial charge in [-0.15, -0.1) is 0 Å². The van der Waals surface area contributed by atoms with Crippen LogP contribution in [0.25, 0.3) is 0 Å². The van der Waals surface area contributed by atoms with Gasteiger partial charge < -0.3 is 30.5 Å². The number of fused-ring (bicyclic) bond motifs is 2. The number of ether oxygens (including phenoxy) is 1. The van der Waals surface area contributed by atoms with Gasteiger partial charge >= 0.3 is 0 Å². The van der Waals surface area contributed by atoms with Crippen LogP contribution in [0.1, 0.15) is 106 Å². The van der Waals surface area contributed by atoms with E-state index in [1.54, 1.807) is 12.0 Å². The maximum atomic E-state index is 14.2. The lowest BCUT2D eigenvalue weighted by Crippen LogP contribution is -2.62. The highest BCUT2D eigenvalue weighted by molar-refractivity contribution is 5.83. The van der Waals surface area contributed by atoms with Crippen LogP contribution in [0.15, 0.2) is 0 Å². The predicted molar refractivity (Wildman–Crippen MR) is 196 cm³/mol. The Bertz CT molecular complexity index is 1120. The smallest absolute Gasteiger partial charge is 0.240 e. The predicted octanol–water partition coefficient (Wildman–Crippen LogP) is 4.48. The van der Waals surface area contributed by atoms with Crippen molar-refractivity contribution in [1.82, 2.24) is 20.6 Å². The van der Waals surface area contributed by atoms with E-state index in [-0.39, 0.29) is 48.4 Å². The Hall–Kier alpha value is -1.30. The molecule has 1 heterocycles. The summed E-state index contributed by atoms with van der Waals surface area (Å²) in [5.41, 5.74) is 0.324. The molecular weight excluding hydrogens is 632 g/mol. The van der Waals surface area contributed by atoms with Crippen LogP contribution in [0.3, 0.4) is 0 Å². The van der Waals surface area contributed by atoms with E-state index in [2.05, 4.69) is 64.2 Å². The van der Waals surface area contributed by atoms with E-state index in [0.717, 1.165) is 64.3 Å². The molecule has 5 aliphatic carbocycles. The molecule has 5 unspecified atom stereocenters. The van der Waals surface area contributed by atoms with Gasteiger partial charge in [-0.25, -0.2) is 0 Å². The molecule has 0 aromatic heterocycles. The van der Waals surface area contributed by atoms with Gasteiger partial charge in [0.2, 0.25) is 11.8 Å². The molecule has 50 heavy (non-hydrogen) atoms. The molecule has 0 aromatic rings. The zero-order valence-electron chi connectivity index (χ0n) is 32.8. The first-order valence-electron chi connectivity index (χ1n) is 20.2. The normalized spacial score (nSPS) is 39.9. The summed E-state index contributed by atoms with van der Waals surface area (Å²) in [4.78, 5) is 36.4. The SMILES string of the molecule is COC1C(CN2O[C@@H](CO)[C@H]([C@H](C)O)[C@H]2C(=O)N[C@H]2C[C@H]3C[C@@H]([C@@H]2C)C3(C)C)CCCC1C1CCCC(C(=O)N[C@H](CC(C)C)CN(C)C)C1. The maximum absolute atomic E-state index is 14.2. The number of hydroxylamine groups is 2. The minimum absolute atomic E-state index is 0.0174. The Morgan fingerprint density at radius 3 is 2.36 bits per heavy atom. The van der Waals surface area contributed by atoms with Gasteiger partial charge in [0.1, 0.15) is 12.1 Å². The molecule has 2 bridgehead atoms. The lowest BCUT2D eigenvalue weighted by atomic mass is 9.45. The summed E-state index contributed by atoms with van der Waals surface area (Å²) < 4.78 is 6.33. The standard InChI is InChI=1S/C40H72N4O6/c1-23(2)16-30(21-43(7)8)41-38(47)27-13-10-12-26(17-27)31-15-11-14-28(37(31)49-9)20-44-36(35(25(4)46)34(22-45)50-44)39(48)42-33-19-29-18-32(24(33)3)40(29,5)6/h23-37,45-46H,10-22H2,1-9H3,(H,41,47)(H,42,48)/t24-,25-,26?,27?,28?,29+,30+,31?,32-,33-,34-,35-,36-,37?/m0/s1. The summed E-state index contributed by atoms with van der Waals surface area (Å²) in [6.07, 6.45) is 8.79. The maximum Gasteiger partial charge on any atom is 0.240 e. The van der Waals surface area contributed by atoms with Gasteiger partial charge in [-0.3, -0.25) is 14.4 Å². The van der Waals surface area contributed by atoms with E-state index in [9.17, 15) is 19.8 Å². The van der Waals surface area contributed by atoms with Gasteiger partial charge in [-0.1, -0.05) is 53.9 Å². The Kier molecular flexibility index (Phi) is 13.4. The number of aliphatic hydroxyl groups excluding tert-OH is 2. The second kappa shape index (κ2) is 16.8. The van der Waals surface area contributed by atoms with Gasteiger partial charge in [-0.2, -0.15) is 5.06 Å². The van der Waals surface area contributed by atoms with Crippen molar-refractivity contribution in [2.75, 3.05) is 40.9 Å². The van der Waals surface area contributed by atoms with Gasteiger partial charge in [-0.05, 0) is 107 Å². The first-order valence-corrected chi connectivity index (χ1v) is 20.2. The highest BCUT2D eigenvalue weighted by atomic mass is 16.7. The topological polar surface area (TPSA) is 124 Å². The lowest BCUT2D eigenvalue weighted by Gasteiger charge is -2.62. The fraction of sp³-hybridized carbons (Fsp3) is 0.950. The molecule has 10 heteroatoms. The quantitative estimate of drug-likeness (QED) is 0.209. The number of carbonyl (C=O) groups excluding carboxylic acids is 2. The number of rotatable bonds is 14. The molecule has 2 amide bonds. The average Bonchev–Trinajstić information content (AvgIpc) is 3.43.